The SMILES string of the molecule is COc1ccnc(CS(=O)c2nc3ccc(OC(F)F)cc3n2S(=O)(=O)c2cc(C(=O)OCCCc3ccc(C)cc3)ccc2C)c1OC. The topological polar surface area (TPSA) is 136 Å². The molecule has 0 fully saturated rings. The number of nitrogens with zero attached hydrogens (tertiary/aromatic N) is 3. The summed E-state index contributed by atoms with van der Waals surface area (Å²) in [6.45, 7) is 0.433. The Morgan fingerprint density at radius 3 is 2.43 bits per heavy atom. The van der Waals surface area contributed by atoms with E-state index in [0.29, 0.717) is 22.6 Å². The van der Waals surface area contributed by atoms with Crippen LogP contribution in [-0.4, -0.2) is 60.0 Å². The van der Waals surface area contributed by atoms with Gasteiger partial charge in [0.15, 0.2) is 11.5 Å². The molecule has 0 bridgehead atoms. The van der Waals surface area contributed by atoms with E-state index in [0.717, 1.165) is 23.3 Å². The first-order valence-corrected chi connectivity index (χ1v) is 17.7. The van der Waals surface area contributed by atoms with Crippen LogP contribution in [0.2, 0.25) is 0 Å². The number of benzene rings is 3. The van der Waals surface area contributed by atoms with E-state index in [-0.39, 0.29) is 56.6 Å². The van der Waals surface area contributed by atoms with Gasteiger partial charge in [0.1, 0.15) is 5.75 Å². The van der Waals surface area contributed by atoms with Gasteiger partial charge in [0.05, 0.1) is 64.6 Å². The Bertz CT molecular complexity index is 2120. The van der Waals surface area contributed by atoms with Crippen LogP contribution in [-0.2, 0) is 37.7 Å². The van der Waals surface area contributed by atoms with Crippen molar-refractivity contribution in [2.45, 2.75) is 49.1 Å². The number of hydrogen-bond acceptors (Lipinski definition) is 10. The van der Waals surface area contributed by atoms with Crippen molar-refractivity contribution in [3.63, 3.8) is 0 Å². The quantitative estimate of drug-likeness (QED) is 0.0996. The smallest absolute Gasteiger partial charge is 0.387 e. The van der Waals surface area contributed by atoms with Crippen molar-refractivity contribution in [1.29, 1.82) is 0 Å². The lowest BCUT2D eigenvalue weighted by Crippen LogP contribution is -2.19. The fourth-order valence-electron chi connectivity index (χ4n) is 5.09. The maximum absolute atomic E-state index is 14.5. The monoisotopic (exact) mass is 713 g/mol. The Morgan fingerprint density at radius 1 is 0.980 bits per heavy atom. The van der Waals surface area contributed by atoms with Gasteiger partial charge >= 0.3 is 12.6 Å². The summed E-state index contributed by atoms with van der Waals surface area (Å²) in [4.78, 5) is 21.3. The third-order valence-corrected chi connectivity index (χ3v) is 10.7. The molecular formula is C34H33F2N3O8S2. The van der Waals surface area contributed by atoms with Crippen LogP contribution in [0.1, 0.15) is 39.2 Å². The molecule has 0 amide bonds. The second-order valence-electron chi connectivity index (χ2n) is 10.9. The molecule has 0 spiro atoms. The number of imidazole rings is 1. The van der Waals surface area contributed by atoms with Crippen molar-refractivity contribution in [2.75, 3.05) is 20.8 Å². The first-order valence-electron chi connectivity index (χ1n) is 14.9. The Balaban J connectivity index is 1.51. The fraction of sp³-hybridized carbons (Fsp3) is 0.265. The largest absolute Gasteiger partial charge is 0.493 e. The van der Waals surface area contributed by atoms with Gasteiger partial charge in [-0.2, -0.15) is 8.78 Å². The molecule has 5 aromatic rings. The minimum atomic E-state index is -4.68. The molecule has 15 heteroatoms. The van der Waals surface area contributed by atoms with Crippen molar-refractivity contribution in [2.24, 2.45) is 0 Å². The highest BCUT2D eigenvalue weighted by Gasteiger charge is 2.31. The van der Waals surface area contributed by atoms with Crippen molar-refractivity contribution < 1.29 is 45.1 Å². The molecule has 0 saturated carbocycles. The average Bonchev–Trinajstić information content (AvgIpc) is 3.47. The van der Waals surface area contributed by atoms with Crippen LogP contribution in [0.3, 0.4) is 0 Å². The van der Waals surface area contributed by atoms with Crippen molar-refractivity contribution >= 4 is 37.8 Å². The van der Waals surface area contributed by atoms with E-state index in [2.05, 4.69) is 14.7 Å². The molecule has 3 aromatic carbocycles. The lowest BCUT2D eigenvalue weighted by Gasteiger charge is -2.15. The molecule has 2 heterocycles. The van der Waals surface area contributed by atoms with Gasteiger partial charge in [-0.1, -0.05) is 35.9 Å². The Hall–Kier alpha value is -4.89. The van der Waals surface area contributed by atoms with E-state index >= 15 is 0 Å². The Morgan fingerprint density at radius 2 is 1.73 bits per heavy atom. The summed E-state index contributed by atoms with van der Waals surface area (Å²) >= 11 is 0. The number of esters is 1. The fourth-order valence-corrected chi connectivity index (χ4v) is 8.30. The summed E-state index contributed by atoms with van der Waals surface area (Å²) in [7, 11) is -4.08. The zero-order valence-electron chi connectivity index (χ0n) is 27.0. The number of halogens is 2. The summed E-state index contributed by atoms with van der Waals surface area (Å²) in [5, 5.41) is -0.417. The molecule has 2 aromatic heterocycles. The van der Waals surface area contributed by atoms with Crippen molar-refractivity contribution in [3.8, 4) is 17.2 Å². The number of alkyl halides is 2. The van der Waals surface area contributed by atoms with Gasteiger partial charge < -0.3 is 18.9 Å². The van der Waals surface area contributed by atoms with Gasteiger partial charge in [-0.15, -0.1) is 0 Å². The highest BCUT2D eigenvalue weighted by molar-refractivity contribution is 7.91. The van der Waals surface area contributed by atoms with Crippen molar-refractivity contribution in [1.82, 2.24) is 13.9 Å². The molecule has 49 heavy (non-hydrogen) atoms. The predicted molar refractivity (Wildman–Crippen MR) is 177 cm³/mol. The zero-order chi connectivity index (χ0) is 35.3. The molecule has 0 radical (unpaired) electrons. The molecule has 0 N–H and O–H groups in total. The highest BCUT2D eigenvalue weighted by atomic mass is 32.2. The van der Waals surface area contributed by atoms with E-state index in [1.807, 2.05) is 31.2 Å². The molecule has 258 valence electrons. The van der Waals surface area contributed by atoms with Crippen LogP contribution in [0.15, 0.2) is 83.0 Å². The van der Waals surface area contributed by atoms with Crippen LogP contribution in [0.25, 0.3) is 11.0 Å². The molecule has 11 nitrogen and oxygen atoms in total. The number of aromatic nitrogens is 3. The number of hydrogen-bond donors (Lipinski definition) is 0. The molecule has 0 aliphatic rings. The number of methoxy groups -OCH3 is 2. The second-order valence-corrected chi connectivity index (χ2v) is 14.0. The number of aryl methyl sites for hydroxylation is 3. The summed E-state index contributed by atoms with van der Waals surface area (Å²) < 4.78 is 90.5. The molecule has 0 aliphatic heterocycles. The molecule has 1 atom stereocenters. The van der Waals surface area contributed by atoms with Gasteiger partial charge in [0.25, 0.3) is 10.0 Å². The second kappa shape index (κ2) is 15.1. The summed E-state index contributed by atoms with van der Waals surface area (Å²) in [5.41, 5.74) is 2.52. The predicted octanol–water partition coefficient (Wildman–Crippen LogP) is 6.00. The summed E-state index contributed by atoms with van der Waals surface area (Å²) in [6, 6.07) is 17.1. The molecule has 1 unspecified atom stereocenters. The van der Waals surface area contributed by atoms with Crippen molar-refractivity contribution in [3.05, 3.63) is 101 Å². The van der Waals surface area contributed by atoms with Gasteiger partial charge in [0.2, 0.25) is 5.16 Å². The maximum atomic E-state index is 14.5. The zero-order valence-corrected chi connectivity index (χ0v) is 28.6. The van der Waals surface area contributed by atoms with Gasteiger partial charge in [0, 0.05) is 18.3 Å². The van der Waals surface area contributed by atoms with Crippen LogP contribution in [0.5, 0.6) is 17.2 Å². The number of carbonyl (C=O) groups excluding carboxylic acids is 1. The van der Waals surface area contributed by atoms with Crippen LogP contribution < -0.4 is 14.2 Å². The standard InChI is InChI=1S/C34H33F2N3O8S2/c1-21-7-10-23(11-8-21)6-5-17-46-32(40)24-12-9-22(2)30(18-24)49(42,43)39-28-19-25(47-33(35)36)13-14-26(28)38-34(39)48(41)20-27-31(45-4)29(44-3)15-16-37-27/h7-16,18-19,33H,5-6,17,20H2,1-4H3. The van der Waals surface area contributed by atoms with E-state index in [1.165, 1.54) is 51.6 Å². The van der Waals surface area contributed by atoms with E-state index in [4.69, 9.17) is 14.2 Å². The normalized spacial score (nSPS) is 12.2. The molecule has 0 aliphatic carbocycles. The maximum Gasteiger partial charge on any atom is 0.387 e. The van der Waals surface area contributed by atoms with Crippen LogP contribution in [0.4, 0.5) is 8.78 Å². The van der Waals surface area contributed by atoms with Gasteiger partial charge in [-0.3, -0.25) is 9.19 Å². The molecular weight excluding hydrogens is 681 g/mol. The number of fused-ring (bicyclic) bond motifs is 1. The average molecular weight is 714 g/mol. The summed E-state index contributed by atoms with van der Waals surface area (Å²) in [6.07, 6.45) is 2.65. The van der Waals surface area contributed by atoms with Crippen LogP contribution in [0, 0.1) is 13.8 Å². The first kappa shape index (κ1) is 35.4. The highest BCUT2D eigenvalue weighted by Crippen LogP contribution is 2.34. The Labute approximate surface area is 284 Å². The minimum Gasteiger partial charge on any atom is -0.493 e. The first-order chi connectivity index (χ1) is 23.4. The third kappa shape index (κ3) is 7.89. The van der Waals surface area contributed by atoms with E-state index < -0.39 is 38.6 Å². The molecule has 0 saturated heterocycles. The summed E-state index contributed by atoms with van der Waals surface area (Å²) in [5.74, 6) is -0.908. The molecule has 5 rings (SSSR count). The lowest BCUT2D eigenvalue weighted by atomic mass is 10.1. The van der Waals surface area contributed by atoms with E-state index in [9.17, 15) is 26.2 Å². The lowest BCUT2D eigenvalue weighted by molar-refractivity contribution is -0.0497. The number of ether oxygens (including phenoxy) is 4. The number of pyridine rings is 1. The Kier molecular flexibility index (Phi) is 10.9. The number of rotatable bonds is 14. The third-order valence-electron chi connectivity index (χ3n) is 7.52. The van der Waals surface area contributed by atoms with Crippen LogP contribution >= 0.6 is 0 Å². The van der Waals surface area contributed by atoms with Gasteiger partial charge in [-0.25, -0.2) is 22.2 Å². The van der Waals surface area contributed by atoms with Gasteiger partial charge in [-0.05, 0) is 62.1 Å². The minimum absolute atomic E-state index is 0.0290. The van der Waals surface area contributed by atoms with E-state index in [1.54, 1.807) is 6.07 Å². The number of carbonyl (C=O) groups is 1.